The second-order valence-electron chi connectivity index (χ2n) is 3.97. The Bertz CT molecular complexity index is 568. The SMILES string of the molecule is Cc1nnnn1-c1cccc(NC(=O)[C@@H](C)N)c1.Cl. The molecule has 1 aromatic carbocycles. The highest BCUT2D eigenvalue weighted by Gasteiger charge is 2.09. The average Bonchev–Trinajstić information content (AvgIpc) is 2.75. The number of aryl methyl sites for hydroxylation is 1. The van der Waals surface area contributed by atoms with Crippen molar-refractivity contribution in [3.05, 3.63) is 30.1 Å². The molecule has 2 rings (SSSR count). The summed E-state index contributed by atoms with van der Waals surface area (Å²) in [4.78, 5) is 11.5. The maximum absolute atomic E-state index is 11.5. The first-order valence-corrected chi connectivity index (χ1v) is 5.50. The molecule has 0 aliphatic rings. The van der Waals surface area contributed by atoms with Gasteiger partial charge in [0.05, 0.1) is 11.7 Å². The molecular weight excluding hydrogens is 268 g/mol. The van der Waals surface area contributed by atoms with Crippen LogP contribution >= 0.6 is 12.4 Å². The summed E-state index contributed by atoms with van der Waals surface area (Å²) >= 11 is 0. The van der Waals surface area contributed by atoms with Crippen LogP contribution in [0.15, 0.2) is 24.3 Å². The molecule has 3 N–H and O–H groups in total. The zero-order valence-electron chi connectivity index (χ0n) is 10.6. The zero-order valence-corrected chi connectivity index (χ0v) is 11.4. The third kappa shape index (κ3) is 3.49. The van der Waals surface area contributed by atoms with Gasteiger partial charge < -0.3 is 11.1 Å². The Kier molecular flexibility index (Phi) is 4.96. The number of nitrogens with zero attached hydrogens (tertiary/aromatic N) is 4. The van der Waals surface area contributed by atoms with Gasteiger partial charge in [0.25, 0.3) is 0 Å². The first-order valence-electron chi connectivity index (χ1n) is 5.50. The lowest BCUT2D eigenvalue weighted by molar-refractivity contribution is -0.117. The maximum Gasteiger partial charge on any atom is 0.240 e. The van der Waals surface area contributed by atoms with E-state index in [9.17, 15) is 4.79 Å². The van der Waals surface area contributed by atoms with Crippen molar-refractivity contribution in [1.29, 1.82) is 0 Å². The molecule has 1 atom stereocenters. The van der Waals surface area contributed by atoms with Crippen LogP contribution in [0.1, 0.15) is 12.7 Å². The molecule has 0 bridgehead atoms. The third-order valence-corrected chi connectivity index (χ3v) is 2.40. The Hall–Kier alpha value is -1.99. The number of anilines is 1. The van der Waals surface area contributed by atoms with Gasteiger partial charge in [-0.1, -0.05) is 6.07 Å². The minimum absolute atomic E-state index is 0. The Balaban J connectivity index is 0.00000180. The highest BCUT2D eigenvalue weighted by molar-refractivity contribution is 5.94. The highest BCUT2D eigenvalue weighted by atomic mass is 35.5. The van der Waals surface area contributed by atoms with Crippen molar-refractivity contribution >= 4 is 24.0 Å². The molecule has 0 radical (unpaired) electrons. The van der Waals surface area contributed by atoms with E-state index in [1.165, 1.54) is 0 Å². The van der Waals surface area contributed by atoms with E-state index in [1.54, 1.807) is 30.7 Å². The third-order valence-electron chi connectivity index (χ3n) is 2.40. The van der Waals surface area contributed by atoms with Crippen LogP contribution in [-0.4, -0.2) is 32.2 Å². The number of benzene rings is 1. The second-order valence-corrected chi connectivity index (χ2v) is 3.97. The van der Waals surface area contributed by atoms with Crippen LogP contribution in [0, 0.1) is 6.92 Å². The number of nitrogens with two attached hydrogens (primary N) is 1. The van der Waals surface area contributed by atoms with Gasteiger partial charge in [0.15, 0.2) is 5.82 Å². The Morgan fingerprint density at radius 2 is 2.21 bits per heavy atom. The number of rotatable bonds is 3. The molecule has 0 unspecified atom stereocenters. The van der Waals surface area contributed by atoms with Gasteiger partial charge in [-0.2, -0.15) is 4.68 Å². The van der Waals surface area contributed by atoms with Crippen LogP contribution in [0.2, 0.25) is 0 Å². The number of amides is 1. The molecule has 8 heteroatoms. The van der Waals surface area contributed by atoms with Gasteiger partial charge in [0.2, 0.25) is 5.91 Å². The van der Waals surface area contributed by atoms with Crippen molar-refractivity contribution in [2.75, 3.05) is 5.32 Å². The van der Waals surface area contributed by atoms with E-state index >= 15 is 0 Å². The average molecular weight is 283 g/mol. The van der Waals surface area contributed by atoms with Gasteiger partial charge >= 0.3 is 0 Å². The van der Waals surface area contributed by atoms with Crippen LogP contribution in [0.5, 0.6) is 0 Å². The summed E-state index contributed by atoms with van der Waals surface area (Å²) in [6.45, 7) is 3.43. The summed E-state index contributed by atoms with van der Waals surface area (Å²) in [5.41, 5.74) is 6.93. The molecular formula is C11H15ClN6O. The van der Waals surface area contributed by atoms with Crippen LogP contribution in [0.3, 0.4) is 0 Å². The summed E-state index contributed by atoms with van der Waals surface area (Å²) in [5, 5.41) is 14.0. The van der Waals surface area contributed by atoms with Gasteiger partial charge in [-0.05, 0) is 42.5 Å². The number of carbonyl (C=O) groups excluding carboxylic acids is 1. The van der Waals surface area contributed by atoms with Gasteiger partial charge in [-0.15, -0.1) is 17.5 Å². The van der Waals surface area contributed by atoms with E-state index in [0.29, 0.717) is 11.5 Å². The van der Waals surface area contributed by atoms with E-state index in [4.69, 9.17) is 5.73 Å². The number of hydrogen-bond donors (Lipinski definition) is 2. The first-order chi connectivity index (χ1) is 8.58. The summed E-state index contributed by atoms with van der Waals surface area (Å²) in [6.07, 6.45) is 0. The van der Waals surface area contributed by atoms with Crippen molar-refractivity contribution in [2.24, 2.45) is 5.73 Å². The molecule has 0 aliphatic heterocycles. The van der Waals surface area contributed by atoms with Crippen LogP contribution < -0.4 is 11.1 Å². The Labute approximate surface area is 116 Å². The molecule has 19 heavy (non-hydrogen) atoms. The molecule has 102 valence electrons. The van der Waals surface area contributed by atoms with E-state index in [1.807, 2.05) is 12.1 Å². The van der Waals surface area contributed by atoms with E-state index < -0.39 is 6.04 Å². The molecule has 1 aromatic heterocycles. The molecule has 7 nitrogen and oxygen atoms in total. The van der Waals surface area contributed by atoms with Gasteiger partial charge in [-0.3, -0.25) is 4.79 Å². The smallest absolute Gasteiger partial charge is 0.240 e. The quantitative estimate of drug-likeness (QED) is 0.862. The summed E-state index contributed by atoms with van der Waals surface area (Å²) < 4.78 is 1.58. The second kappa shape index (κ2) is 6.26. The number of nitrogens with one attached hydrogen (secondary N) is 1. The largest absolute Gasteiger partial charge is 0.325 e. The molecule has 0 saturated carbocycles. The molecule has 0 aliphatic carbocycles. The van der Waals surface area contributed by atoms with E-state index in [0.717, 1.165) is 5.69 Å². The van der Waals surface area contributed by atoms with Crippen molar-refractivity contribution in [2.45, 2.75) is 19.9 Å². The van der Waals surface area contributed by atoms with Gasteiger partial charge in [-0.25, -0.2) is 0 Å². The van der Waals surface area contributed by atoms with Crippen LogP contribution in [0.4, 0.5) is 5.69 Å². The topological polar surface area (TPSA) is 98.7 Å². The molecule has 1 heterocycles. The summed E-state index contributed by atoms with van der Waals surface area (Å²) in [7, 11) is 0. The minimum Gasteiger partial charge on any atom is -0.325 e. The zero-order chi connectivity index (χ0) is 13.1. The molecule has 2 aromatic rings. The fourth-order valence-electron chi connectivity index (χ4n) is 1.44. The van der Waals surface area contributed by atoms with Crippen LogP contribution in [-0.2, 0) is 4.79 Å². The fraction of sp³-hybridized carbons (Fsp3) is 0.273. The van der Waals surface area contributed by atoms with E-state index in [2.05, 4.69) is 20.8 Å². The molecule has 0 spiro atoms. The predicted molar refractivity (Wildman–Crippen MR) is 73.4 cm³/mol. The number of hydrogen-bond acceptors (Lipinski definition) is 5. The molecule has 0 fully saturated rings. The van der Waals surface area contributed by atoms with Crippen molar-refractivity contribution < 1.29 is 4.79 Å². The van der Waals surface area contributed by atoms with Crippen LogP contribution in [0.25, 0.3) is 5.69 Å². The maximum atomic E-state index is 11.5. The van der Waals surface area contributed by atoms with Gasteiger partial charge in [0, 0.05) is 5.69 Å². The first kappa shape index (κ1) is 15.1. The fourth-order valence-corrected chi connectivity index (χ4v) is 1.44. The van der Waals surface area contributed by atoms with Crippen molar-refractivity contribution in [1.82, 2.24) is 20.2 Å². The monoisotopic (exact) mass is 282 g/mol. The summed E-state index contributed by atoms with van der Waals surface area (Å²) in [6, 6.07) is 6.68. The minimum atomic E-state index is -0.552. The molecule has 1 amide bonds. The highest BCUT2D eigenvalue weighted by Crippen LogP contribution is 2.14. The van der Waals surface area contributed by atoms with Gasteiger partial charge in [0.1, 0.15) is 0 Å². The number of halogens is 1. The van der Waals surface area contributed by atoms with Crippen molar-refractivity contribution in [3.63, 3.8) is 0 Å². The normalized spacial score (nSPS) is 11.5. The number of aromatic nitrogens is 4. The molecule has 0 saturated heterocycles. The number of tetrazole rings is 1. The van der Waals surface area contributed by atoms with Crippen molar-refractivity contribution in [3.8, 4) is 5.69 Å². The lowest BCUT2D eigenvalue weighted by Crippen LogP contribution is -2.32. The lowest BCUT2D eigenvalue weighted by atomic mass is 10.2. The Morgan fingerprint density at radius 3 is 2.79 bits per heavy atom. The predicted octanol–water partition coefficient (Wildman–Crippen LogP) is 0.678. The number of carbonyl (C=O) groups is 1. The summed E-state index contributed by atoms with van der Waals surface area (Å²) in [5.74, 6) is 0.436. The Morgan fingerprint density at radius 1 is 1.47 bits per heavy atom. The van der Waals surface area contributed by atoms with E-state index in [-0.39, 0.29) is 18.3 Å². The standard InChI is InChI=1S/C11H14N6O.ClH/c1-7(12)11(18)13-9-4-3-5-10(6-9)17-8(2)14-15-16-17;/h3-7H,12H2,1-2H3,(H,13,18);1H/t7-;/m1./s1. The lowest BCUT2D eigenvalue weighted by Gasteiger charge is -2.09.